The lowest BCUT2D eigenvalue weighted by Crippen LogP contribution is -2.24. The quantitative estimate of drug-likeness (QED) is 0.755. The molecular weight excluding hydrogens is 202 g/mol. The van der Waals surface area contributed by atoms with Crippen LogP contribution in [-0.4, -0.2) is 26.1 Å². The summed E-state index contributed by atoms with van der Waals surface area (Å²) < 4.78 is 0. The Balaban J connectivity index is 1.90. The van der Waals surface area contributed by atoms with Crippen LogP contribution < -0.4 is 5.32 Å². The molecule has 0 atom stereocenters. The number of nitrogens with one attached hydrogen (secondary N) is 2. The van der Waals surface area contributed by atoms with Crippen molar-refractivity contribution in [3.63, 3.8) is 0 Å². The van der Waals surface area contributed by atoms with Crippen molar-refractivity contribution >= 4 is 17.2 Å². The Morgan fingerprint density at radius 3 is 3.14 bits per heavy atom. The number of aromatic amines is 1. The van der Waals surface area contributed by atoms with Crippen LogP contribution in [0.2, 0.25) is 0 Å². The summed E-state index contributed by atoms with van der Waals surface area (Å²) >= 11 is 1.49. The largest absolute Gasteiger partial charge is 0.344 e. The minimum Gasteiger partial charge on any atom is -0.344 e. The highest BCUT2D eigenvalue weighted by Gasteiger charge is 2.07. The summed E-state index contributed by atoms with van der Waals surface area (Å²) in [6, 6.07) is 0. The SMILES string of the molecule is O=C(NCc1cscn1)c1ncn[nH]1. The second-order valence-corrected chi connectivity index (χ2v) is 3.22. The summed E-state index contributed by atoms with van der Waals surface area (Å²) in [6.07, 6.45) is 1.29. The Labute approximate surface area is 83.4 Å². The topological polar surface area (TPSA) is 83.6 Å². The average molecular weight is 209 g/mol. The van der Waals surface area contributed by atoms with E-state index in [0.29, 0.717) is 6.54 Å². The van der Waals surface area contributed by atoms with Gasteiger partial charge >= 0.3 is 0 Å². The fourth-order valence-electron chi connectivity index (χ4n) is 0.894. The van der Waals surface area contributed by atoms with E-state index in [-0.39, 0.29) is 11.7 Å². The van der Waals surface area contributed by atoms with Crippen molar-refractivity contribution in [1.29, 1.82) is 0 Å². The van der Waals surface area contributed by atoms with E-state index >= 15 is 0 Å². The lowest BCUT2D eigenvalue weighted by atomic mass is 10.4. The van der Waals surface area contributed by atoms with Gasteiger partial charge in [-0.3, -0.25) is 9.89 Å². The number of hydrogen-bond acceptors (Lipinski definition) is 5. The van der Waals surface area contributed by atoms with Gasteiger partial charge in [0.25, 0.3) is 5.91 Å². The number of hydrogen-bond donors (Lipinski definition) is 2. The van der Waals surface area contributed by atoms with E-state index in [1.54, 1.807) is 5.51 Å². The predicted molar refractivity (Wildman–Crippen MR) is 49.7 cm³/mol. The smallest absolute Gasteiger partial charge is 0.288 e. The molecule has 0 bridgehead atoms. The highest BCUT2D eigenvalue weighted by atomic mass is 32.1. The molecule has 0 saturated carbocycles. The van der Waals surface area contributed by atoms with Crippen molar-refractivity contribution in [1.82, 2.24) is 25.5 Å². The minimum absolute atomic E-state index is 0.209. The van der Waals surface area contributed by atoms with Crippen molar-refractivity contribution in [3.8, 4) is 0 Å². The number of rotatable bonds is 3. The minimum atomic E-state index is -0.282. The second-order valence-electron chi connectivity index (χ2n) is 2.50. The monoisotopic (exact) mass is 209 g/mol. The molecule has 0 saturated heterocycles. The van der Waals surface area contributed by atoms with E-state index < -0.39 is 0 Å². The van der Waals surface area contributed by atoms with Crippen LogP contribution in [-0.2, 0) is 6.54 Å². The van der Waals surface area contributed by atoms with Gasteiger partial charge in [0.05, 0.1) is 17.7 Å². The van der Waals surface area contributed by atoms with Crippen LogP contribution in [0.3, 0.4) is 0 Å². The van der Waals surface area contributed by atoms with Gasteiger partial charge in [-0.2, -0.15) is 5.10 Å². The maximum absolute atomic E-state index is 11.3. The molecule has 2 heterocycles. The standard InChI is InChI=1S/C7H7N5OS/c13-7(6-9-3-11-12-6)8-1-5-2-14-4-10-5/h2-4H,1H2,(H,8,13)(H,9,11,12). The van der Waals surface area contributed by atoms with Crippen molar-refractivity contribution in [3.05, 3.63) is 28.7 Å². The second kappa shape index (κ2) is 3.97. The number of thiazole rings is 1. The molecule has 2 aromatic rings. The Morgan fingerprint density at radius 1 is 1.57 bits per heavy atom. The van der Waals surface area contributed by atoms with Crippen LogP contribution in [0.25, 0.3) is 0 Å². The molecule has 2 aromatic heterocycles. The number of amides is 1. The van der Waals surface area contributed by atoms with E-state index in [0.717, 1.165) is 5.69 Å². The molecule has 0 fully saturated rings. The van der Waals surface area contributed by atoms with Crippen LogP contribution in [0, 0.1) is 0 Å². The van der Waals surface area contributed by atoms with Gasteiger partial charge in [0.1, 0.15) is 6.33 Å². The normalized spacial score (nSPS) is 10.0. The molecule has 7 heteroatoms. The third kappa shape index (κ3) is 1.94. The number of carbonyl (C=O) groups is 1. The molecular formula is C7H7N5OS. The van der Waals surface area contributed by atoms with Gasteiger partial charge in [0.15, 0.2) is 0 Å². The zero-order valence-electron chi connectivity index (χ0n) is 7.10. The lowest BCUT2D eigenvalue weighted by Gasteiger charge is -1.98. The summed E-state index contributed by atoms with van der Waals surface area (Å²) in [5, 5.41) is 10.6. The van der Waals surface area contributed by atoms with Gasteiger partial charge in [-0.05, 0) is 0 Å². The first-order valence-corrected chi connectivity index (χ1v) is 4.81. The summed E-state index contributed by atoms with van der Waals surface area (Å²) in [4.78, 5) is 19.1. The lowest BCUT2D eigenvalue weighted by molar-refractivity contribution is 0.0940. The molecule has 2 rings (SSSR count). The molecule has 0 aliphatic heterocycles. The first kappa shape index (κ1) is 8.82. The first-order valence-electron chi connectivity index (χ1n) is 3.87. The Morgan fingerprint density at radius 2 is 2.50 bits per heavy atom. The zero-order valence-corrected chi connectivity index (χ0v) is 7.91. The molecule has 2 N–H and O–H groups in total. The Bertz CT molecular complexity index is 396. The predicted octanol–water partition coefficient (Wildman–Crippen LogP) is 0.191. The van der Waals surface area contributed by atoms with Crippen LogP contribution in [0.1, 0.15) is 16.3 Å². The van der Waals surface area contributed by atoms with Crippen LogP contribution >= 0.6 is 11.3 Å². The van der Waals surface area contributed by atoms with Gasteiger partial charge in [-0.1, -0.05) is 0 Å². The van der Waals surface area contributed by atoms with E-state index in [1.165, 1.54) is 17.7 Å². The number of nitrogens with zero attached hydrogens (tertiary/aromatic N) is 3. The summed E-state index contributed by atoms with van der Waals surface area (Å²) in [5.41, 5.74) is 2.55. The maximum atomic E-state index is 11.3. The molecule has 0 spiro atoms. The van der Waals surface area contributed by atoms with Crippen molar-refractivity contribution in [2.75, 3.05) is 0 Å². The molecule has 1 amide bonds. The highest BCUT2D eigenvalue weighted by molar-refractivity contribution is 7.07. The van der Waals surface area contributed by atoms with E-state index in [9.17, 15) is 4.79 Å². The molecule has 0 aliphatic carbocycles. The van der Waals surface area contributed by atoms with Crippen molar-refractivity contribution in [2.45, 2.75) is 6.54 Å². The maximum Gasteiger partial charge on any atom is 0.288 e. The van der Waals surface area contributed by atoms with Crippen LogP contribution in [0.15, 0.2) is 17.2 Å². The molecule has 6 nitrogen and oxygen atoms in total. The van der Waals surface area contributed by atoms with Crippen molar-refractivity contribution < 1.29 is 4.79 Å². The number of aromatic nitrogens is 4. The summed E-state index contributed by atoms with van der Waals surface area (Å²) in [5.74, 6) is -0.0734. The van der Waals surface area contributed by atoms with Gasteiger partial charge in [-0.15, -0.1) is 11.3 Å². The molecule has 0 unspecified atom stereocenters. The third-order valence-electron chi connectivity index (χ3n) is 1.54. The van der Waals surface area contributed by atoms with Gasteiger partial charge in [-0.25, -0.2) is 9.97 Å². The number of H-pyrrole nitrogens is 1. The molecule has 0 aromatic carbocycles. The molecule has 72 valence electrons. The average Bonchev–Trinajstić information content (AvgIpc) is 2.87. The fraction of sp³-hybridized carbons (Fsp3) is 0.143. The Kier molecular flexibility index (Phi) is 2.50. The summed E-state index contributed by atoms with van der Waals surface area (Å²) in [6.45, 7) is 0.406. The Hall–Kier alpha value is -1.76. The molecule has 0 radical (unpaired) electrons. The van der Waals surface area contributed by atoms with E-state index in [1.807, 2.05) is 5.38 Å². The number of carbonyl (C=O) groups excluding carboxylic acids is 1. The van der Waals surface area contributed by atoms with E-state index in [2.05, 4.69) is 25.5 Å². The third-order valence-corrected chi connectivity index (χ3v) is 2.18. The van der Waals surface area contributed by atoms with Crippen LogP contribution in [0.5, 0.6) is 0 Å². The van der Waals surface area contributed by atoms with Gasteiger partial charge in [0, 0.05) is 5.38 Å². The highest BCUT2D eigenvalue weighted by Crippen LogP contribution is 2.00. The van der Waals surface area contributed by atoms with E-state index in [4.69, 9.17) is 0 Å². The van der Waals surface area contributed by atoms with Gasteiger partial charge in [0.2, 0.25) is 5.82 Å². The van der Waals surface area contributed by atoms with Gasteiger partial charge < -0.3 is 5.32 Å². The zero-order chi connectivity index (χ0) is 9.80. The van der Waals surface area contributed by atoms with Crippen LogP contribution in [0.4, 0.5) is 0 Å². The molecule has 14 heavy (non-hydrogen) atoms. The first-order chi connectivity index (χ1) is 6.86. The molecule has 0 aliphatic rings. The van der Waals surface area contributed by atoms with Crippen molar-refractivity contribution in [2.24, 2.45) is 0 Å². The summed E-state index contributed by atoms with van der Waals surface area (Å²) in [7, 11) is 0. The fourth-order valence-corrected chi connectivity index (χ4v) is 1.45.